The van der Waals surface area contributed by atoms with Crippen LogP contribution in [0.25, 0.3) is 0 Å². The number of hydrogen-bond donors (Lipinski definition) is 4. The van der Waals surface area contributed by atoms with Gasteiger partial charge in [-0.15, -0.1) is 0 Å². The van der Waals surface area contributed by atoms with Crippen LogP contribution >= 0.6 is 0 Å². The molecule has 2 aliphatic rings. The first-order valence-electron chi connectivity index (χ1n) is 4.12. The van der Waals surface area contributed by atoms with E-state index >= 15 is 0 Å². The predicted octanol–water partition coefficient (Wildman–Crippen LogP) is -2.41. The van der Waals surface area contributed by atoms with Crippen LogP contribution in [0.3, 0.4) is 0 Å². The highest BCUT2D eigenvalue weighted by atomic mass is 16.4. The average Bonchev–Trinajstić information content (AvgIpc) is 2.60. The van der Waals surface area contributed by atoms with Crippen LogP contribution in [0.4, 0.5) is 9.59 Å². The normalized spacial score (nSPS) is 32.1. The van der Waals surface area contributed by atoms with Gasteiger partial charge < -0.3 is 20.8 Å². The molecule has 2 saturated heterocycles. The number of aliphatic hydroxyl groups excluding tert-OH is 2. The van der Waals surface area contributed by atoms with Crippen LogP contribution in [-0.4, -0.2) is 57.8 Å². The summed E-state index contributed by atoms with van der Waals surface area (Å²) in [6.07, 6.45) is -2.79. The van der Waals surface area contributed by atoms with Crippen molar-refractivity contribution in [3.63, 3.8) is 0 Å². The Morgan fingerprint density at radius 2 is 2.00 bits per heavy atom. The second-order valence-corrected chi connectivity index (χ2v) is 3.01. The van der Waals surface area contributed by atoms with Crippen LogP contribution in [-0.2, 0) is 0 Å². The van der Waals surface area contributed by atoms with Gasteiger partial charge in [-0.25, -0.2) is 14.6 Å². The highest BCUT2D eigenvalue weighted by Gasteiger charge is 2.43. The number of carbonyl (C=O) groups is 2. The quantitative estimate of drug-likeness (QED) is 0.380. The van der Waals surface area contributed by atoms with E-state index in [0.717, 1.165) is 10.0 Å². The van der Waals surface area contributed by atoms with E-state index in [9.17, 15) is 14.7 Å². The third-order valence-corrected chi connectivity index (χ3v) is 2.11. The number of hydrazine groups is 1. The minimum absolute atomic E-state index is 0.288. The summed E-state index contributed by atoms with van der Waals surface area (Å²) < 4.78 is 0. The SMILES string of the molecule is O=C1NCCN1N1C(=O)NC(O)C1O. The maximum absolute atomic E-state index is 11.2. The molecule has 78 valence electrons. The van der Waals surface area contributed by atoms with Crippen molar-refractivity contribution in [3.05, 3.63) is 0 Å². The van der Waals surface area contributed by atoms with Crippen molar-refractivity contribution in [3.8, 4) is 0 Å². The van der Waals surface area contributed by atoms with Gasteiger partial charge in [0.1, 0.15) is 0 Å². The Labute approximate surface area is 79.1 Å². The van der Waals surface area contributed by atoms with Gasteiger partial charge in [-0.3, -0.25) is 0 Å². The molecule has 8 heteroatoms. The highest BCUT2D eigenvalue weighted by Crippen LogP contribution is 2.14. The summed E-state index contributed by atoms with van der Waals surface area (Å²) in [5, 5.41) is 24.9. The van der Waals surface area contributed by atoms with E-state index in [1.807, 2.05) is 0 Å². The fourth-order valence-corrected chi connectivity index (χ4v) is 1.44. The number of nitrogens with one attached hydrogen (secondary N) is 2. The molecule has 2 atom stereocenters. The molecule has 0 spiro atoms. The molecule has 0 saturated carbocycles. The van der Waals surface area contributed by atoms with Gasteiger partial charge >= 0.3 is 12.1 Å². The van der Waals surface area contributed by atoms with E-state index in [4.69, 9.17) is 5.11 Å². The summed E-state index contributed by atoms with van der Waals surface area (Å²) in [5.74, 6) is 0. The number of hydrogen-bond acceptors (Lipinski definition) is 4. The van der Waals surface area contributed by atoms with Crippen molar-refractivity contribution < 1.29 is 19.8 Å². The minimum atomic E-state index is -1.42. The van der Waals surface area contributed by atoms with Crippen molar-refractivity contribution in [2.45, 2.75) is 12.5 Å². The maximum Gasteiger partial charge on any atom is 0.341 e. The lowest BCUT2D eigenvalue weighted by molar-refractivity contribution is -0.0954. The van der Waals surface area contributed by atoms with E-state index in [1.54, 1.807) is 0 Å². The molecule has 2 unspecified atom stereocenters. The van der Waals surface area contributed by atoms with Crippen molar-refractivity contribution >= 4 is 12.1 Å². The van der Waals surface area contributed by atoms with Crippen LogP contribution < -0.4 is 10.6 Å². The van der Waals surface area contributed by atoms with Crippen molar-refractivity contribution in [1.82, 2.24) is 20.7 Å². The zero-order valence-corrected chi connectivity index (χ0v) is 7.17. The number of urea groups is 2. The van der Waals surface area contributed by atoms with Gasteiger partial charge in [-0.2, -0.15) is 5.01 Å². The monoisotopic (exact) mass is 202 g/mol. The lowest BCUT2D eigenvalue weighted by Crippen LogP contribution is -2.50. The molecular weight excluding hydrogens is 192 g/mol. The molecule has 4 amide bonds. The van der Waals surface area contributed by atoms with Crippen molar-refractivity contribution in [1.29, 1.82) is 0 Å². The van der Waals surface area contributed by atoms with Crippen LogP contribution in [0.15, 0.2) is 0 Å². The number of carbonyl (C=O) groups excluding carboxylic acids is 2. The molecule has 0 aromatic carbocycles. The number of rotatable bonds is 1. The van der Waals surface area contributed by atoms with E-state index in [0.29, 0.717) is 6.54 Å². The number of amides is 4. The average molecular weight is 202 g/mol. The Morgan fingerprint density at radius 3 is 2.43 bits per heavy atom. The van der Waals surface area contributed by atoms with Crippen molar-refractivity contribution in [2.75, 3.05) is 13.1 Å². The summed E-state index contributed by atoms with van der Waals surface area (Å²) in [7, 11) is 0. The molecule has 2 rings (SSSR count). The molecule has 4 N–H and O–H groups in total. The zero-order chi connectivity index (χ0) is 10.3. The summed E-state index contributed by atoms with van der Waals surface area (Å²) in [5.41, 5.74) is 0. The van der Waals surface area contributed by atoms with Crippen molar-refractivity contribution in [2.24, 2.45) is 0 Å². The van der Waals surface area contributed by atoms with Gasteiger partial charge in [0.05, 0.1) is 6.54 Å². The Balaban J connectivity index is 2.17. The number of aliphatic hydroxyl groups is 2. The standard InChI is InChI=1S/C6H10N4O4/c11-3-4(12)10(6(14)8-3)9-2-1-7-5(9)13/h3-4,11-12H,1-2H2,(H,7,13)(H,8,14). The summed E-state index contributed by atoms with van der Waals surface area (Å²) in [6.45, 7) is 0.696. The first-order valence-corrected chi connectivity index (χ1v) is 4.12. The Bertz CT molecular complexity index is 283. The lowest BCUT2D eigenvalue weighted by atomic mass is 10.5. The van der Waals surface area contributed by atoms with Crippen LogP contribution in [0.1, 0.15) is 0 Å². The second-order valence-electron chi connectivity index (χ2n) is 3.01. The zero-order valence-electron chi connectivity index (χ0n) is 7.17. The van der Waals surface area contributed by atoms with E-state index in [1.165, 1.54) is 0 Å². The maximum atomic E-state index is 11.2. The molecule has 2 heterocycles. The first kappa shape index (κ1) is 9.03. The molecule has 0 radical (unpaired) electrons. The van der Waals surface area contributed by atoms with Gasteiger partial charge in [-0.1, -0.05) is 0 Å². The molecule has 0 bridgehead atoms. The summed E-state index contributed by atoms with van der Waals surface area (Å²) >= 11 is 0. The Morgan fingerprint density at radius 1 is 1.29 bits per heavy atom. The minimum Gasteiger partial charge on any atom is -0.369 e. The molecular formula is C6H10N4O4. The fourth-order valence-electron chi connectivity index (χ4n) is 1.44. The van der Waals surface area contributed by atoms with E-state index < -0.39 is 24.5 Å². The van der Waals surface area contributed by atoms with Gasteiger partial charge in [-0.05, 0) is 0 Å². The summed E-state index contributed by atoms with van der Waals surface area (Å²) in [6, 6.07) is -1.16. The predicted molar refractivity (Wildman–Crippen MR) is 42.5 cm³/mol. The number of nitrogens with zero attached hydrogens (tertiary/aromatic N) is 2. The van der Waals surface area contributed by atoms with Gasteiger partial charge in [0, 0.05) is 6.54 Å². The van der Waals surface area contributed by atoms with Crippen LogP contribution in [0, 0.1) is 0 Å². The fraction of sp³-hybridized carbons (Fsp3) is 0.667. The molecule has 2 fully saturated rings. The Hall–Kier alpha value is -1.54. The van der Waals surface area contributed by atoms with E-state index in [2.05, 4.69) is 10.6 Å². The van der Waals surface area contributed by atoms with E-state index in [-0.39, 0.29) is 6.54 Å². The molecule has 0 aromatic rings. The van der Waals surface area contributed by atoms with Crippen LogP contribution in [0.2, 0.25) is 0 Å². The van der Waals surface area contributed by atoms with Gasteiger partial charge in [0.25, 0.3) is 0 Å². The van der Waals surface area contributed by atoms with Gasteiger partial charge in [0.15, 0.2) is 12.5 Å². The summed E-state index contributed by atoms with van der Waals surface area (Å²) in [4.78, 5) is 22.4. The van der Waals surface area contributed by atoms with Crippen LogP contribution in [0.5, 0.6) is 0 Å². The van der Waals surface area contributed by atoms with Gasteiger partial charge in [0.2, 0.25) is 0 Å². The molecule has 8 nitrogen and oxygen atoms in total. The third kappa shape index (κ3) is 1.16. The molecule has 0 aliphatic carbocycles. The topological polar surface area (TPSA) is 105 Å². The first-order chi connectivity index (χ1) is 6.61. The highest BCUT2D eigenvalue weighted by molar-refractivity contribution is 5.83. The molecule has 2 aliphatic heterocycles. The molecule has 14 heavy (non-hydrogen) atoms. The Kier molecular flexibility index (Phi) is 1.93. The molecule has 0 aromatic heterocycles. The largest absolute Gasteiger partial charge is 0.369 e. The smallest absolute Gasteiger partial charge is 0.341 e. The third-order valence-electron chi connectivity index (χ3n) is 2.11. The second kappa shape index (κ2) is 3.00. The lowest BCUT2D eigenvalue weighted by Gasteiger charge is -2.27.